The molecular weight excluding hydrogens is 418 g/mol. The predicted octanol–water partition coefficient (Wildman–Crippen LogP) is 4.10. The molecule has 0 saturated carbocycles. The zero-order chi connectivity index (χ0) is 22.4. The Morgan fingerprint density at radius 3 is 2.52 bits per heavy atom. The monoisotopic (exact) mass is 445 g/mol. The Kier molecular flexibility index (Phi) is 7.68. The van der Waals surface area contributed by atoms with Crippen LogP contribution in [0.15, 0.2) is 24.3 Å². The highest BCUT2D eigenvalue weighted by molar-refractivity contribution is 7.17. The van der Waals surface area contributed by atoms with E-state index in [9.17, 15) is 14.4 Å². The van der Waals surface area contributed by atoms with Crippen LogP contribution in [0.3, 0.4) is 0 Å². The summed E-state index contributed by atoms with van der Waals surface area (Å²) in [5.41, 5.74) is 2.12. The molecule has 1 heterocycles. The lowest BCUT2D eigenvalue weighted by molar-refractivity contribution is -0.142. The van der Waals surface area contributed by atoms with Crippen molar-refractivity contribution in [1.29, 1.82) is 0 Å². The van der Waals surface area contributed by atoms with Gasteiger partial charge in [0.1, 0.15) is 10.8 Å². The topological polar surface area (TPSA) is 90.9 Å². The molecule has 1 N–H and O–H groups in total. The fourth-order valence-electron chi connectivity index (χ4n) is 3.67. The number of hydrogen-bond donors (Lipinski definition) is 1. The number of thiophene rings is 1. The quantitative estimate of drug-likeness (QED) is 0.462. The van der Waals surface area contributed by atoms with Gasteiger partial charge in [-0.3, -0.25) is 9.59 Å². The first kappa shape index (κ1) is 22.8. The molecule has 1 aromatic heterocycles. The van der Waals surface area contributed by atoms with Crippen molar-refractivity contribution in [3.05, 3.63) is 45.8 Å². The molecule has 3 rings (SSSR count). The normalized spacial score (nSPS) is 14.6. The Bertz CT molecular complexity index is 950. The van der Waals surface area contributed by atoms with Crippen LogP contribution in [0.5, 0.6) is 5.75 Å². The molecule has 31 heavy (non-hydrogen) atoms. The Morgan fingerprint density at radius 1 is 1.13 bits per heavy atom. The van der Waals surface area contributed by atoms with E-state index in [-0.39, 0.29) is 23.9 Å². The molecule has 0 spiro atoms. The van der Waals surface area contributed by atoms with Crippen molar-refractivity contribution < 1.29 is 28.6 Å². The van der Waals surface area contributed by atoms with Crippen LogP contribution in [-0.2, 0) is 31.9 Å². The van der Waals surface area contributed by atoms with Crippen molar-refractivity contribution in [2.45, 2.75) is 44.9 Å². The second kappa shape index (κ2) is 10.4. The number of carbonyl (C=O) groups is 3. The third-order valence-corrected chi connectivity index (χ3v) is 6.49. The minimum Gasteiger partial charge on any atom is -0.494 e. The summed E-state index contributed by atoms with van der Waals surface area (Å²) in [6.07, 6.45) is 2.99. The molecular formula is C23H27NO6S. The SMILES string of the molecule is CCc1ccc(OCCCC(=O)Nc2sc3c(c2C(=O)OC)C(C(=O)OC)CC3)cc1. The second-order valence-corrected chi connectivity index (χ2v) is 8.35. The summed E-state index contributed by atoms with van der Waals surface area (Å²) >= 11 is 1.32. The molecule has 8 heteroatoms. The summed E-state index contributed by atoms with van der Waals surface area (Å²) in [5, 5.41) is 3.24. The molecule has 2 aromatic rings. The van der Waals surface area contributed by atoms with E-state index in [0.29, 0.717) is 36.4 Å². The summed E-state index contributed by atoms with van der Waals surface area (Å²) in [4.78, 5) is 37.9. The van der Waals surface area contributed by atoms with Crippen LogP contribution >= 0.6 is 11.3 Å². The molecule has 166 valence electrons. The van der Waals surface area contributed by atoms with Crippen LogP contribution in [0.1, 0.15) is 58.5 Å². The van der Waals surface area contributed by atoms with Gasteiger partial charge in [0.05, 0.1) is 32.3 Å². The van der Waals surface area contributed by atoms with E-state index in [1.807, 2.05) is 24.3 Å². The first-order chi connectivity index (χ1) is 15.0. The number of fused-ring (bicyclic) bond motifs is 1. The maximum atomic E-state index is 12.5. The number of anilines is 1. The van der Waals surface area contributed by atoms with Crippen LogP contribution in [0, 0.1) is 0 Å². The van der Waals surface area contributed by atoms with Crippen LogP contribution in [-0.4, -0.2) is 38.7 Å². The molecule has 7 nitrogen and oxygen atoms in total. The van der Waals surface area contributed by atoms with E-state index >= 15 is 0 Å². The van der Waals surface area contributed by atoms with Crippen molar-refractivity contribution in [1.82, 2.24) is 0 Å². The molecule has 1 aliphatic rings. The van der Waals surface area contributed by atoms with Gasteiger partial charge >= 0.3 is 11.9 Å². The van der Waals surface area contributed by atoms with Crippen molar-refractivity contribution in [3.8, 4) is 5.75 Å². The Labute approximate surface area is 185 Å². The largest absolute Gasteiger partial charge is 0.494 e. The lowest BCUT2D eigenvalue weighted by Crippen LogP contribution is -2.18. The number of aryl methyl sites for hydroxylation is 2. The van der Waals surface area contributed by atoms with Gasteiger partial charge in [-0.15, -0.1) is 11.3 Å². The Balaban J connectivity index is 1.60. The number of hydrogen-bond acceptors (Lipinski definition) is 7. The zero-order valence-corrected chi connectivity index (χ0v) is 18.8. The van der Waals surface area contributed by atoms with E-state index in [1.165, 1.54) is 31.1 Å². The minimum atomic E-state index is -0.567. The molecule has 0 saturated heterocycles. The number of amides is 1. The predicted molar refractivity (Wildman–Crippen MR) is 118 cm³/mol. The van der Waals surface area contributed by atoms with Gasteiger partial charge in [-0.1, -0.05) is 19.1 Å². The average Bonchev–Trinajstić information content (AvgIpc) is 3.34. The maximum absolute atomic E-state index is 12.5. The van der Waals surface area contributed by atoms with Gasteiger partial charge in [0.2, 0.25) is 5.91 Å². The van der Waals surface area contributed by atoms with Gasteiger partial charge < -0.3 is 19.5 Å². The van der Waals surface area contributed by atoms with E-state index in [4.69, 9.17) is 14.2 Å². The third-order valence-electron chi connectivity index (χ3n) is 5.31. The molecule has 1 atom stereocenters. The highest BCUT2D eigenvalue weighted by Gasteiger charge is 2.38. The maximum Gasteiger partial charge on any atom is 0.341 e. The van der Waals surface area contributed by atoms with Crippen LogP contribution in [0.4, 0.5) is 5.00 Å². The van der Waals surface area contributed by atoms with E-state index in [0.717, 1.165) is 17.0 Å². The first-order valence-electron chi connectivity index (χ1n) is 10.3. The summed E-state index contributed by atoms with van der Waals surface area (Å²) in [6, 6.07) is 7.89. The number of methoxy groups -OCH3 is 2. The van der Waals surface area contributed by atoms with Crippen molar-refractivity contribution in [2.24, 2.45) is 0 Å². The van der Waals surface area contributed by atoms with Gasteiger partial charge in [0.15, 0.2) is 0 Å². The fraction of sp³-hybridized carbons (Fsp3) is 0.435. The van der Waals surface area contributed by atoms with Crippen LogP contribution in [0.25, 0.3) is 0 Å². The van der Waals surface area contributed by atoms with Gasteiger partial charge in [-0.25, -0.2) is 4.79 Å². The van der Waals surface area contributed by atoms with Gasteiger partial charge in [-0.2, -0.15) is 0 Å². The van der Waals surface area contributed by atoms with Crippen LogP contribution < -0.4 is 10.1 Å². The summed E-state index contributed by atoms with van der Waals surface area (Å²) in [7, 11) is 2.61. The van der Waals surface area contributed by atoms with E-state index in [1.54, 1.807) is 0 Å². The first-order valence-corrected chi connectivity index (χ1v) is 11.1. The average molecular weight is 446 g/mol. The van der Waals surface area contributed by atoms with Gasteiger partial charge in [0, 0.05) is 11.3 Å². The summed E-state index contributed by atoms with van der Waals surface area (Å²) < 4.78 is 15.5. The number of carbonyl (C=O) groups excluding carboxylic acids is 3. The van der Waals surface area contributed by atoms with Crippen molar-refractivity contribution in [2.75, 3.05) is 26.1 Å². The second-order valence-electron chi connectivity index (χ2n) is 7.25. The molecule has 0 bridgehead atoms. The summed E-state index contributed by atoms with van der Waals surface area (Å²) in [6.45, 7) is 2.51. The fourth-order valence-corrected chi connectivity index (χ4v) is 4.95. The molecule has 1 aliphatic carbocycles. The molecule has 1 aromatic carbocycles. The number of benzene rings is 1. The highest BCUT2D eigenvalue weighted by atomic mass is 32.1. The van der Waals surface area contributed by atoms with Gasteiger partial charge in [-0.05, 0) is 48.9 Å². The number of esters is 2. The number of nitrogens with one attached hydrogen (secondary N) is 1. The zero-order valence-electron chi connectivity index (χ0n) is 18.0. The smallest absolute Gasteiger partial charge is 0.341 e. The standard InChI is InChI=1S/C23H27NO6S/c1-4-14-7-9-15(10-8-14)30-13-5-6-18(25)24-21-20(23(27)29-3)19-16(22(26)28-2)11-12-17(19)31-21/h7-10,16H,4-6,11-13H2,1-3H3,(H,24,25). The molecule has 0 fully saturated rings. The molecule has 0 aliphatic heterocycles. The van der Waals surface area contributed by atoms with Crippen LogP contribution in [0.2, 0.25) is 0 Å². The Hall–Kier alpha value is -2.87. The lowest BCUT2D eigenvalue weighted by atomic mass is 9.99. The van der Waals surface area contributed by atoms with E-state index in [2.05, 4.69) is 12.2 Å². The molecule has 1 amide bonds. The molecule has 1 unspecified atom stereocenters. The van der Waals surface area contributed by atoms with E-state index < -0.39 is 11.9 Å². The lowest BCUT2D eigenvalue weighted by Gasteiger charge is -2.12. The highest BCUT2D eigenvalue weighted by Crippen LogP contribution is 2.45. The Morgan fingerprint density at radius 2 is 1.87 bits per heavy atom. The number of ether oxygens (including phenoxy) is 3. The number of rotatable bonds is 9. The summed E-state index contributed by atoms with van der Waals surface area (Å²) in [5.74, 6) is -0.909. The third kappa shape index (κ3) is 5.25. The van der Waals surface area contributed by atoms with Crippen molar-refractivity contribution >= 4 is 34.2 Å². The minimum absolute atomic E-state index is 0.218. The molecule has 0 radical (unpaired) electrons. The van der Waals surface area contributed by atoms with Gasteiger partial charge in [0.25, 0.3) is 0 Å². The van der Waals surface area contributed by atoms with Crippen molar-refractivity contribution in [3.63, 3.8) is 0 Å².